The lowest BCUT2D eigenvalue weighted by Gasteiger charge is -2.31. The van der Waals surface area contributed by atoms with Crippen molar-refractivity contribution in [1.29, 1.82) is 0 Å². The number of piperidine rings is 1. The molecule has 1 fully saturated rings. The van der Waals surface area contributed by atoms with Crippen molar-refractivity contribution in [1.82, 2.24) is 4.90 Å². The number of anilines is 1. The molecule has 0 spiro atoms. The maximum atomic E-state index is 13.1. The Bertz CT molecular complexity index is 958. The number of unbranched alkanes of at least 4 members (excludes halogenated alkanes) is 1. The first kappa shape index (κ1) is 22.8. The van der Waals surface area contributed by atoms with Gasteiger partial charge in [-0.2, -0.15) is 0 Å². The molecule has 2 heterocycles. The van der Waals surface area contributed by atoms with Crippen LogP contribution in [-0.4, -0.2) is 48.6 Å². The number of fused-ring (bicyclic) bond motifs is 1. The van der Waals surface area contributed by atoms with Crippen LogP contribution in [0.15, 0.2) is 47.4 Å². The summed E-state index contributed by atoms with van der Waals surface area (Å²) < 4.78 is 18.4. The number of carbonyl (C=O) groups is 2. The van der Waals surface area contributed by atoms with Crippen LogP contribution in [0.25, 0.3) is 0 Å². The number of thioether (sulfide) groups is 1. The molecule has 0 aromatic heterocycles. The quantitative estimate of drug-likeness (QED) is 0.447. The molecule has 2 aliphatic rings. The predicted octanol–water partition coefficient (Wildman–Crippen LogP) is 5.01. The van der Waals surface area contributed by atoms with Crippen molar-refractivity contribution in [2.75, 3.05) is 32.1 Å². The third kappa shape index (κ3) is 5.51. The Morgan fingerprint density at radius 3 is 2.62 bits per heavy atom. The van der Waals surface area contributed by atoms with E-state index in [2.05, 4.69) is 10.2 Å². The van der Waals surface area contributed by atoms with Crippen LogP contribution in [0.2, 0.25) is 0 Å². The molecular weight excluding hydrogens is 427 g/mol. The molecule has 32 heavy (non-hydrogen) atoms. The molecule has 2 aromatic rings. The predicted molar refractivity (Wildman–Crippen MR) is 125 cm³/mol. The number of nitrogens with one attached hydrogen (secondary N) is 1. The normalized spacial score (nSPS) is 19.3. The lowest BCUT2D eigenvalue weighted by atomic mass is 9.89. The Morgan fingerprint density at radius 1 is 1.16 bits per heavy atom. The molecule has 2 aliphatic heterocycles. The Hall–Kier alpha value is -2.38. The highest BCUT2D eigenvalue weighted by Gasteiger charge is 2.28. The molecule has 7 heteroatoms. The zero-order chi connectivity index (χ0) is 22.5. The Kier molecular flexibility index (Phi) is 7.48. The second-order valence-corrected chi connectivity index (χ2v) is 9.69. The van der Waals surface area contributed by atoms with Crippen LogP contribution in [0.4, 0.5) is 10.1 Å². The molecule has 0 bridgehead atoms. The van der Waals surface area contributed by atoms with Gasteiger partial charge in [-0.05, 0) is 87.8 Å². The Labute approximate surface area is 192 Å². The number of rotatable bonds is 8. The maximum Gasteiger partial charge on any atom is 0.237 e. The lowest BCUT2D eigenvalue weighted by molar-refractivity contribution is -0.115. The molecule has 1 saturated heterocycles. The number of benzene rings is 2. The molecule has 0 radical (unpaired) electrons. The molecule has 5 nitrogen and oxygen atoms in total. The first-order valence-corrected chi connectivity index (χ1v) is 12.1. The molecule has 0 aliphatic carbocycles. The van der Waals surface area contributed by atoms with E-state index in [4.69, 9.17) is 4.74 Å². The summed E-state index contributed by atoms with van der Waals surface area (Å²) in [6.45, 7) is 2.80. The summed E-state index contributed by atoms with van der Waals surface area (Å²) in [6, 6.07) is 11.6. The van der Waals surface area contributed by atoms with Gasteiger partial charge >= 0.3 is 0 Å². The van der Waals surface area contributed by atoms with Crippen molar-refractivity contribution in [3.8, 4) is 5.75 Å². The largest absolute Gasteiger partial charge is 0.497 e. The van der Waals surface area contributed by atoms with Gasteiger partial charge in [0.1, 0.15) is 11.6 Å². The molecule has 1 unspecified atom stereocenters. The Morgan fingerprint density at radius 2 is 1.91 bits per heavy atom. The summed E-state index contributed by atoms with van der Waals surface area (Å²) in [7, 11) is 1.65. The van der Waals surface area contributed by atoms with Gasteiger partial charge in [-0.15, -0.1) is 11.8 Å². The van der Waals surface area contributed by atoms with Gasteiger partial charge in [0.25, 0.3) is 0 Å². The number of ketones is 1. The number of Topliss-reactive ketones (excluding diaryl/α,β-unsaturated/α-hetero) is 1. The minimum Gasteiger partial charge on any atom is -0.497 e. The van der Waals surface area contributed by atoms with Gasteiger partial charge in [0.2, 0.25) is 5.91 Å². The molecule has 1 amide bonds. The number of hydrogen-bond acceptors (Lipinski definition) is 5. The number of hydrogen-bond donors (Lipinski definition) is 1. The van der Waals surface area contributed by atoms with E-state index < -0.39 is 0 Å². The van der Waals surface area contributed by atoms with Crippen LogP contribution in [0, 0.1) is 11.7 Å². The number of halogens is 1. The molecule has 1 N–H and O–H groups in total. The summed E-state index contributed by atoms with van der Waals surface area (Å²) in [6.07, 6.45) is 4.54. The van der Waals surface area contributed by atoms with Gasteiger partial charge < -0.3 is 15.0 Å². The molecule has 4 rings (SSSR count). The minimum atomic E-state index is -0.315. The minimum absolute atomic E-state index is 0.0242. The summed E-state index contributed by atoms with van der Waals surface area (Å²) in [4.78, 5) is 28.5. The van der Waals surface area contributed by atoms with E-state index in [-0.39, 0.29) is 28.7 Å². The molecule has 170 valence electrons. The number of methoxy groups -OCH3 is 1. The van der Waals surface area contributed by atoms with Gasteiger partial charge in [-0.3, -0.25) is 9.59 Å². The third-order valence-corrected chi connectivity index (χ3v) is 7.61. The van der Waals surface area contributed by atoms with Crippen LogP contribution < -0.4 is 10.1 Å². The number of nitrogens with zero attached hydrogens (tertiary/aromatic N) is 1. The van der Waals surface area contributed by atoms with E-state index in [1.807, 2.05) is 18.2 Å². The topological polar surface area (TPSA) is 58.6 Å². The zero-order valence-corrected chi connectivity index (χ0v) is 19.1. The van der Waals surface area contributed by atoms with Crippen molar-refractivity contribution < 1.29 is 18.7 Å². The fourth-order valence-corrected chi connectivity index (χ4v) is 5.56. The number of carbonyl (C=O) groups excluding carboxylic acids is 2. The SMILES string of the molecule is COc1ccc2c(c1)SC(CCCCN1CCC(C(=O)c3ccc(F)cc3)CC1)C(=O)N2. The van der Waals surface area contributed by atoms with Gasteiger partial charge in [0.15, 0.2) is 5.78 Å². The molecule has 1 atom stereocenters. The average molecular weight is 457 g/mol. The van der Waals surface area contributed by atoms with E-state index in [1.165, 1.54) is 12.1 Å². The van der Waals surface area contributed by atoms with E-state index in [0.29, 0.717) is 5.56 Å². The number of amides is 1. The third-order valence-electron chi connectivity index (χ3n) is 6.29. The number of ether oxygens (including phenoxy) is 1. The highest BCUT2D eigenvalue weighted by molar-refractivity contribution is 8.01. The van der Waals surface area contributed by atoms with Crippen LogP contribution in [-0.2, 0) is 4.79 Å². The summed E-state index contributed by atoms with van der Waals surface area (Å²) in [5.74, 6) is 0.711. The molecule has 0 saturated carbocycles. The monoisotopic (exact) mass is 456 g/mol. The van der Waals surface area contributed by atoms with Gasteiger partial charge in [0, 0.05) is 16.4 Å². The van der Waals surface area contributed by atoms with Crippen LogP contribution in [0.1, 0.15) is 42.5 Å². The van der Waals surface area contributed by atoms with Gasteiger partial charge in [-0.25, -0.2) is 4.39 Å². The summed E-state index contributed by atoms with van der Waals surface area (Å²) in [5, 5.41) is 2.93. The second kappa shape index (κ2) is 10.5. The highest BCUT2D eigenvalue weighted by Crippen LogP contribution is 2.39. The number of likely N-dealkylation sites (tertiary alicyclic amines) is 1. The van der Waals surface area contributed by atoms with E-state index in [9.17, 15) is 14.0 Å². The lowest BCUT2D eigenvalue weighted by Crippen LogP contribution is -2.37. The maximum absolute atomic E-state index is 13.1. The van der Waals surface area contributed by atoms with E-state index in [0.717, 1.165) is 68.1 Å². The van der Waals surface area contributed by atoms with Crippen LogP contribution in [0.3, 0.4) is 0 Å². The molecule has 2 aromatic carbocycles. The smallest absolute Gasteiger partial charge is 0.237 e. The summed E-state index contributed by atoms with van der Waals surface area (Å²) in [5.41, 5.74) is 1.46. The van der Waals surface area contributed by atoms with Gasteiger partial charge in [-0.1, -0.05) is 6.42 Å². The van der Waals surface area contributed by atoms with E-state index >= 15 is 0 Å². The van der Waals surface area contributed by atoms with Gasteiger partial charge in [0.05, 0.1) is 18.0 Å². The standard InChI is InChI=1S/C25H29FN2O3S/c1-31-20-9-10-21-23(16-20)32-22(25(30)27-21)4-2-3-13-28-14-11-18(12-15-28)24(29)17-5-7-19(26)8-6-17/h5-10,16,18,22H,2-4,11-15H2,1H3,(H,27,30). The van der Waals surface area contributed by atoms with Crippen molar-refractivity contribution in [3.63, 3.8) is 0 Å². The van der Waals surface area contributed by atoms with Crippen molar-refractivity contribution in [3.05, 3.63) is 53.8 Å². The second-order valence-electron chi connectivity index (χ2n) is 8.44. The first-order valence-electron chi connectivity index (χ1n) is 11.2. The van der Waals surface area contributed by atoms with E-state index in [1.54, 1.807) is 31.0 Å². The fraction of sp³-hybridized carbons (Fsp3) is 0.440. The average Bonchev–Trinajstić information content (AvgIpc) is 2.82. The van der Waals surface area contributed by atoms with Crippen molar-refractivity contribution in [2.24, 2.45) is 5.92 Å². The summed E-state index contributed by atoms with van der Waals surface area (Å²) >= 11 is 1.62. The zero-order valence-electron chi connectivity index (χ0n) is 18.3. The Balaban J connectivity index is 1.18. The highest BCUT2D eigenvalue weighted by atomic mass is 32.2. The fourth-order valence-electron chi connectivity index (χ4n) is 4.37. The van der Waals surface area contributed by atoms with Crippen molar-refractivity contribution >= 4 is 29.1 Å². The van der Waals surface area contributed by atoms with Crippen LogP contribution >= 0.6 is 11.8 Å². The van der Waals surface area contributed by atoms with Crippen LogP contribution in [0.5, 0.6) is 5.75 Å². The van der Waals surface area contributed by atoms with Crippen molar-refractivity contribution in [2.45, 2.75) is 42.2 Å². The first-order chi connectivity index (χ1) is 15.5. The molecular formula is C25H29FN2O3S.